The molecule has 0 saturated carbocycles. The molecule has 0 radical (unpaired) electrons. The van der Waals surface area contributed by atoms with Crippen molar-refractivity contribution >= 4 is 5.96 Å². The molecule has 2 N–H and O–H groups in total. The van der Waals surface area contributed by atoms with Gasteiger partial charge >= 0.3 is 0 Å². The zero-order valence-corrected chi connectivity index (χ0v) is 14.5. The van der Waals surface area contributed by atoms with E-state index in [9.17, 15) is 0 Å². The Kier molecular flexibility index (Phi) is 7.83. The first kappa shape index (κ1) is 18.0. The fraction of sp³-hybridized carbons (Fsp3) is 0.444. The molecule has 130 valence electrons. The van der Waals surface area contributed by atoms with Gasteiger partial charge in [-0.05, 0) is 18.9 Å². The maximum absolute atomic E-state index is 5.32. The summed E-state index contributed by atoms with van der Waals surface area (Å²) in [6.07, 6.45) is 4.91. The lowest BCUT2D eigenvalue weighted by Gasteiger charge is -2.11. The zero-order chi connectivity index (χ0) is 17.0. The van der Waals surface area contributed by atoms with Crippen LogP contribution in [0.1, 0.15) is 24.5 Å². The molecule has 1 aromatic heterocycles. The summed E-state index contributed by atoms with van der Waals surface area (Å²) in [5, 5.41) is 11.0. The van der Waals surface area contributed by atoms with Crippen LogP contribution in [0.2, 0.25) is 0 Å². The molecule has 0 aliphatic rings. The number of guanidine groups is 1. The second-order valence-corrected chi connectivity index (χ2v) is 5.43. The van der Waals surface area contributed by atoms with Gasteiger partial charge in [0, 0.05) is 45.1 Å². The highest BCUT2D eigenvalue weighted by Gasteiger charge is 2.02. The van der Waals surface area contributed by atoms with Crippen LogP contribution in [-0.2, 0) is 17.8 Å². The molecule has 0 aliphatic heterocycles. The van der Waals surface area contributed by atoms with Gasteiger partial charge in [-0.2, -0.15) is 5.10 Å². The molecule has 24 heavy (non-hydrogen) atoms. The van der Waals surface area contributed by atoms with Gasteiger partial charge in [0.25, 0.3) is 0 Å². The second-order valence-electron chi connectivity index (χ2n) is 5.43. The highest BCUT2D eigenvalue weighted by atomic mass is 16.5. The van der Waals surface area contributed by atoms with Crippen LogP contribution in [0.5, 0.6) is 0 Å². The molecule has 6 heteroatoms. The fourth-order valence-corrected chi connectivity index (χ4v) is 2.29. The monoisotopic (exact) mass is 329 g/mol. The third-order valence-corrected chi connectivity index (χ3v) is 3.52. The van der Waals surface area contributed by atoms with Crippen molar-refractivity contribution in [2.24, 2.45) is 4.99 Å². The second kappa shape index (κ2) is 10.4. The van der Waals surface area contributed by atoms with E-state index in [-0.39, 0.29) is 0 Å². The maximum atomic E-state index is 5.32. The molecule has 2 aromatic rings. The summed E-state index contributed by atoms with van der Waals surface area (Å²) < 4.78 is 7.27. The SMILES string of the molecule is CCOCCCNC(=NC)NCc1cnn(Cc2ccccc2)c1. The molecule has 2 rings (SSSR count). The molecule has 0 bridgehead atoms. The van der Waals surface area contributed by atoms with Crippen molar-refractivity contribution in [1.82, 2.24) is 20.4 Å². The van der Waals surface area contributed by atoms with Gasteiger partial charge in [0.1, 0.15) is 0 Å². The smallest absolute Gasteiger partial charge is 0.191 e. The zero-order valence-electron chi connectivity index (χ0n) is 14.5. The van der Waals surface area contributed by atoms with E-state index >= 15 is 0 Å². The van der Waals surface area contributed by atoms with Crippen molar-refractivity contribution in [2.75, 3.05) is 26.8 Å². The highest BCUT2D eigenvalue weighted by Crippen LogP contribution is 2.03. The van der Waals surface area contributed by atoms with Gasteiger partial charge in [-0.3, -0.25) is 9.67 Å². The van der Waals surface area contributed by atoms with Crippen LogP contribution in [0.15, 0.2) is 47.7 Å². The summed E-state index contributed by atoms with van der Waals surface area (Å²) in [6.45, 7) is 5.86. The summed E-state index contributed by atoms with van der Waals surface area (Å²) in [6, 6.07) is 10.3. The fourth-order valence-electron chi connectivity index (χ4n) is 2.29. The van der Waals surface area contributed by atoms with E-state index in [0.717, 1.165) is 44.2 Å². The first-order chi connectivity index (χ1) is 11.8. The number of nitrogens with one attached hydrogen (secondary N) is 2. The van der Waals surface area contributed by atoms with Crippen molar-refractivity contribution in [3.63, 3.8) is 0 Å². The minimum atomic E-state index is 0.694. The molecule has 0 amide bonds. The lowest BCUT2D eigenvalue weighted by Crippen LogP contribution is -2.37. The molecule has 6 nitrogen and oxygen atoms in total. The third-order valence-electron chi connectivity index (χ3n) is 3.52. The van der Waals surface area contributed by atoms with Crippen LogP contribution in [0, 0.1) is 0 Å². The molecule has 1 heterocycles. The van der Waals surface area contributed by atoms with E-state index in [0.29, 0.717) is 6.54 Å². The van der Waals surface area contributed by atoms with E-state index in [1.165, 1.54) is 5.56 Å². The Morgan fingerprint density at radius 1 is 1.21 bits per heavy atom. The molecular formula is C18H27N5O. The summed E-state index contributed by atoms with van der Waals surface area (Å²) in [4.78, 5) is 4.22. The Balaban J connectivity index is 1.73. The van der Waals surface area contributed by atoms with Crippen LogP contribution < -0.4 is 10.6 Å². The van der Waals surface area contributed by atoms with E-state index < -0.39 is 0 Å². The van der Waals surface area contributed by atoms with Crippen molar-refractivity contribution < 1.29 is 4.74 Å². The Morgan fingerprint density at radius 2 is 2.04 bits per heavy atom. The Labute approximate surface area is 143 Å². The van der Waals surface area contributed by atoms with Crippen LogP contribution in [0.3, 0.4) is 0 Å². The number of hydrogen-bond acceptors (Lipinski definition) is 3. The third kappa shape index (κ3) is 6.42. The Morgan fingerprint density at radius 3 is 2.79 bits per heavy atom. The molecule has 1 aromatic carbocycles. The summed E-state index contributed by atoms with van der Waals surface area (Å²) in [5.41, 5.74) is 2.37. The predicted octanol–water partition coefficient (Wildman–Crippen LogP) is 2.02. The molecular weight excluding hydrogens is 302 g/mol. The van der Waals surface area contributed by atoms with E-state index in [1.807, 2.05) is 36.0 Å². The molecule has 0 saturated heterocycles. The van der Waals surface area contributed by atoms with Crippen LogP contribution in [0.25, 0.3) is 0 Å². The number of ether oxygens (including phenoxy) is 1. The van der Waals surface area contributed by atoms with E-state index in [1.54, 1.807) is 7.05 Å². The Hall–Kier alpha value is -2.34. The summed E-state index contributed by atoms with van der Waals surface area (Å²) >= 11 is 0. The predicted molar refractivity (Wildman–Crippen MR) is 97.1 cm³/mol. The summed E-state index contributed by atoms with van der Waals surface area (Å²) in [7, 11) is 1.77. The number of benzene rings is 1. The number of aromatic nitrogens is 2. The quantitative estimate of drug-likeness (QED) is 0.420. The van der Waals surface area contributed by atoms with Gasteiger partial charge in [-0.25, -0.2) is 0 Å². The average Bonchev–Trinajstić information content (AvgIpc) is 3.05. The number of aliphatic imine (C=N–C) groups is 1. The molecule has 0 spiro atoms. The van der Waals surface area contributed by atoms with Gasteiger partial charge in [0.05, 0.1) is 12.7 Å². The lowest BCUT2D eigenvalue weighted by molar-refractivity contribution is 0.145. The first-order valence-corrected chi connectivity index (χ1v) is 8.39. The Bertz CT molecular complexity index is 609. The van der Waals surface area contributed by atoms with Crippen molar-refractivity contribution in [1.29, 1.82) is 0 Å². The number of rotatable bonds is 9. The van der Waals surface area contributed by atoms with Gasteiger partial charge < -0.3 is 15.4 Å². The largest absolute Gasteiger partial charge is 0.382 e. The normalized spacial score (nSPS) is 11.5. The first-order valence-electron chi connectivity index (χ1n) is 8.39. The van der Waals surface area contributed by atoms with Crippen LogP contribution >= 0.6 is 0 Å². The average molecular weight is 329 g/mol. The van der Waals surface area contributed by atoms with Crippen LogP contribution in [0.4, 0.5) is 0 Å². The topological polar surface area (TPSA) is 63.5 Å². The molecule has 0 fully saturated rings. The number of nitrogens with zero attached hydrogens (tertiary/aromatic N) is 3. The maximum Gasteiger partial charge on any atom is 0.191 e. The van der Waals surface area contributed by atoms with Gasteiger partial charge in [-0.1, -0.05) is 30.3 Å². The number of hydrogen-bond donors (Lipinski definition) is 2. The van der Waals surface area contributed by atoms with E-state index in [2.05, 4.69) is 39.1 Å². The standard InChI is InChI=1S/C18H27N5O/c1-3-24-11-7-10-20-18(19-2)21-12-17-13-22-23(15-17)14-16-8-5-4-6-9-16/h4-6,8-9,13,15H,3,7,10-12,14H2,1-2H3,(H2,19,20,21). The lowest BCUT2D eigenvalue weighted by atomic mass is 10.2. The van der Waals surface area contributed by atoms with Gasteiger partial charge in [-0.15, -0.1) is 0 Å². The van der Waals surface area contributed by atoms with Gasteiger partial charge in [0.2, 0.25) is 0 Å². The molecule has 0 atom stereocenters. The summed E-state index contributed by atoms with van der Waals surface area (Å²) in [5.74, 6) is 0.794. The van der Waals surface area contributed by atoms with Gasteiger partial charge in [0.15, 0.2) is 5.96 Å². The highest BCUT2D eigenvalue weighted by molar-refractivity contribution is 5.79. The van der Waals surface area contributed by atoms with E-state index in [4.69, 9.17) is 4.74 Å². The molecule has 0 unspecified atom stereocenters. The minimum Gasteiger partial charge on any atom is -0.382 e. The van der Waals surface area contributed by atoms with Crippen LogP contribution in [-0.4, -0.2) is 42.5 Å². The van der Waals surface area contributed by atoms with Crippen molar-refractivity contribution in [3.8, 4) is 0 Å². The molecule has 0 aliphatic carbocycles. The minimum absolute atomic E-state index is 0.694. The van der Waals surface area contributed by atoms with Crippen molar-refractivity contribution in [2.45, 2.75) is 26.4 Å². The van der Waals surface area contributed by atoms with Crippen molar-refractivity contribution in [3.05, 3.63) is 53.9 Å².